The third-order valence-corrected chi connectivity index (χ3v) is 1.98. The van der Waals surface area contributed by atoms with Crippen LogP contribution in [0, 0.1) is 0 Å². The average Bonchev–Trinajstić information content (AvgIpc) is 2.64. The minimum atomic E-state index is -0.980. The van der Waals surface area contributed by atoms with Crippen LogP contribution in [-0.2, 0) is 7.05 Å². The van der Waals surface area contributed by atoms with Crippen LogP contribution in [0.25, 0.3) is 0 Å². The van der Waals surface area contributed by atoms with Crippen LogP contribution in [0.4, 0.5) is 11.6 Å². The van der Waals surface area contributed by atoms with Gasteiger partial charge in [0.1, 0.15) is 5.82 Å². The van der Waals surface area contributed by atoms with Crippen LogP contribution < -0.4 is 5.32 Å². The largest absolute Gasteiger partial charge is 0.478 e. The Morgan fingerprint density at radius 1 is 1.44 bits per heavy atom. The second kappa shape index (κ2) is 4.01. The predicted molar refractivity (Wildman–Crippen MR) is 57.7 cm³/mol. The van der Waals surface area contributed by atoms with E-state index in [-0.39, 0.29) is 5.56 Å². The van der Waals surface area contributed by atoms with Crippen molar-refractivity contribution >= 4 is 17.6 Å². The summed E-state index contributed by atoms with van der Waals surface area (Å²) in [4.78, 5) is 14.7. The van der Waals surface area contributed by atoms with E-state index in [0.717, 1.165) is 0 Å². The molecule has 0 atom stereocenters. The standard InChI is InChI=1S/C10H10N4O2/c1-14-5-3-8(13-14)12-9-6-7(10(15)16)2-4-11-9/h2-6H,1H3,(H,15,16)(H,11,12,13). The molecule has 0 bridgehead atoms. The second-order valence-corrected chi connectivity index (χ2v) is 3.23. The Bertz CT molecular complexity index is 521. The number of hydrogen-bond donors (Lipinski definition) is 2. The lowest BCUT2D eigenvalue weighted by atomic mass is 10.2. The molecule has 6 heteroatoms. The zero-order valence-electron chi connectivity index (χ0n) is 8.58. The second-order valence-electron chi connectivity index (χ2n) is 3.23. The minimum absolute atomic E-state index is 0.188. The SMILES string of the molecule is Cn1ccc(Nc2cc(C(=O)O)ccn2)n1. The van der Waals surface area contributed by atoms with Crippen molar-refractivity contribution in [2.24, 2.45) is 7.05 Å². The van der Waals surface area contributed by atoms with Crippen molar-refractivity contribution in [2.75, 3.05) is 5.32 Å². The molecular weight excluding hydrogens is 208 g/mol. The minimum Gasteiger partial charge on any atom is -0.478 e. The Morgan fingerprint density at radius 2 is 2.25 bits per heavy atom. The van der Waals surface area contributed by atoms with Crippen molar-refractivity contribution in [3.8, 4) is 0 Å². The zero-order chi connectivity index (χ0) is 11.5. The number of anilines is 2. The van der Waals surface area contributed by atoms with Gasteiger partial charge in [0.25, 0.3) is 0 Å². The summed E-state index contributed by atoms with van der Waals surface area (Å²) in [5.74, 6) is 0.0996. The van der Waals surface area contributed by atoms with Crippen LogP contribution in [0.5, 0.6) is 0 Å². The number of aromatic carboxylic acids is 1. The maximum Gasteiger partial charge on any atom is 0.335 e. The highest BCUT2D eigenvalue weighted by molar-refractivity contribution is 5.88. The van der Waals surface area contributed by atoms with Gasteiger partial charge in [0.05, 0.1) is 5.56 Å². The van der Waals surface area contributed by atoms with Gasteiger partial charge in [-0.3, -0.25) is 4.68 Å². The Kier molecular flexibility index (Phi) is 2.55. The number of pyridine rings is 1. The summed E-state index contributed by atoms with van der Waals surface area (Å²) in [5, 5.41) is 15.8. The van der Waals surface area contributed by atoms with Crippen molar-refractivity contribution in [3.05, 3.63) is 36.2 Å². The van der Waals surface area contributed by atoms with Crippen molar-refractivity contribution in [1.29, 1.82) is 0 Å². The first-order valence-electron chi connectivity index (χ1n) is 4.61. The molecule has 0 aliphatic carbocycles. The van der Waals surface area contributed by atoms with Gasteiger partial charge in [-0.15, -0.1) is 0 Å². The predicted octanol–water partition coefficient (Wildman–Crippen LogP) is 1.26. The van der Waals surface area contributed by atoms with Crippen LogP contribution in [-0.4, -0.2) is 25.8 Å². The number of aryl methyl sites for hydroxylation is 1. The normalized spacial score (nSPS) is 10.1. The highest BCUT2D eigenvalue weighted by Gasteiger charge is 2.05. The van der Waals surface area contributed by atoms with Gasteiger partial charge in [-0.25, -0.2) is 9.78 Å². The van der Waals surface area contributed by atoms with E-state index in [0.29, 0.717) is 11.6 Å². The number of nitrogens with zero attached hydrogens (tertiary/aromatic N) is 3. The monoisotopic (exact) mass is 218 g/mol. The molecule has 0 aromatic carbocycles. The molecule has 0 saturated heterocycles. The Morgan fingerprint density at radius 3 is 2.88 bits per heavy atom. The summed E-state index contributed by atoms with van der Waals surface area (Å²) < 4.78 is 1.64. The van der Waals surface area contributed by atoms with E-state index in [4.69, 9.17) is 5.11 Å². The third kappa shape index (κ3) is 2.17. The Balaban J connectivity index is 2.21. The molecule has 0 aliphatic heterocycles. The maximum atomic E-state index is 10.7. The quantitative estimate of drug-likeness (QED) is 0.810. The first-order chi connectivity index (χ1) is 7.65. The maximum absolute atomic E-state index is 10.7. The molecule has 2 aromatic rings. The molecule has 0 radical (unpaired) electrons. The molecular formula is C10H10N4O2. The molecule has 2 N–H and O–H groups in total. The van der Waals surface area contributed by atoms with Crippen LogP contribution in [0.2, 0.25) is 0 Å². The third-order valence-electron chi connectivity index (χ3n) is 1.98. The van der Waals surface area contributed by atoms with Gasteiger partial charge in [0.15, 0.2) is 5.82 Å². The highest BCUT2D eigenvalue weighted by atomic mass is 16.4. The molecule has 2 rings (SSSR count). The number of carbonyl (C=O) groups is 1. The fraction of sp³-hybridized carbons (Fsp3) is 0.100. The lowest BCUT2D eigenvalue weighted by Gasteiger charge is -2.02. The summed E-state index contributed by atoms with van der Waals surface area (Å²) in [6.45, 7) is 0. The van der Waals surface area contributed by atoms with Crippen LogP contribution in [0.15, 0.2) is 30.6 Å². The van der Waals surface area contributed by atoms with Gasteiger partial charge in [-0.2, -0.15) is 5.10 Å². The molecule has 0 fully saturated rings. The molecule has 0 amide bonds. The molecule has 82 valence electrons. The van der Waals surface area contributed by atoms with Crippen LogP contribution in [0.1, 0.15) is 10.4 Å². The van der Waals surface area contributed by atoms with E-state index < -0.39 is 5.97 Å². The van der Waals surface area contributed by atoms with Gasteiger partial charge in [0, 0.05) is 25.5 Å². The fourth-order valence-electron chi connectivity index (χ4n) is 1.24. The smallest absolute Gasteiger partial charge is 0.335 e. The van der Waals surface area contributed by atoms with E-state index in [1.165, 1.54) is 18.3 Å². The first kappa shape index (κ1) is 10.2. The Labute approximate surface area is 91.6 Å². The van der Waals surface area contributed by atoms with E-state index in [1.807, 2.05) is 0 Å². The molecule has 0 aliphatic rings. The summed E-state index contributed by atoms with van der Waals surface area (Å²) in [6, 6.07) is 4.66. The van der Waals surface area contributed by atoms with E-state index >= 15 is 0 Å². The summed E-state index contributed by atoms with van der Waals surface area (Å²) in [7, 11) is 1.80. The molecule has 2 aromatic heterocycles. The first-order valence-corrected chi connectivity index (χ1v) is 4.61. The summed E-state index contributed by atoms with van der Waals surface area (Å²) in [5.41, 5.74) is 0.188. The van der Waals surface area contributed by atoms with Gasteiger partial charge < -0.3 is 10.4 Å². The lowest BCUT2D eigenvalue weighted by Crippen LogP contribution is -2.00. The van der Waals surface area contributed by atoms with Gasteiger partial charge >= 0.3 is 5.97 Å². The van der Waals surface area contributed by atoms with Crippen molar-refractivity contribution in [3.63, 3.8) is 0 Å². The van der Waals surface area contributed by atoms with E-state index in [9.17, 15) is 4.79 Å². The van der Waals surface area contributed by atoms with E-state index in [2.05, 4.69) is 15.4 Å². The van der Waals surface area contributed by atoms with Crippen molar-refractivity contribution < 1.29 is 9.90 Å². The topological polar surface area (TPSA) is 80.0 Å². The number of carboxylic acids is 1. The number of nitrogens with one attached hydrogen (secondary N) is 1. The average molecular weight is 218 g/mol. The van der Waals surface area contributed by atoms with Gasteiger partial charge in [0.2, 0.25) is 0 Å². The number of rotatable bonds is 3. The van der Waals surface area contributed by atoms with E-state index in [1.54, 1.807) is 24.0 Å². The fourth-order valence-corrected chi connectivity index (χ4v) is 1.24. The molecule has 2 heterocycles. The van der Waals surface area contributed by atoms with Crippen molar-refractivity contribution in [1.82, 2.24) is 14.8 Å². The molecule has 0 saturated carbocycles. The summed E-state index contributed by atoms with van der Waals surface area (Å²) in [6.07, 6.45) is 3.22. The number of aromatic nitrogens is 3. The van der Waals surface area contributed by atoms with Gasteiger partial charge in [-0.05, 0) is 12.1 Å². The zero-order valence-corrected chi connectivity index (χ0v) is 8.58. The van der Waals surface area contributed by atoms with Crippen molar-refractivity contribution in [2.45, 2.75) is 0 Å². The summed E-state index contributed by atoms with van der Waals surface area (Å²) >= 11 is 0. The molecule has 0 spiro atoms. The molecule has 0 unspecified atom stereocenters. The number of hydrogen-bond acceptors (Lipinski definition) is 4. The lowest BCUT2D eigenvalue weighted by molar-refractivity contribution is 0.0697. The Hall–Kier alpha value is -2.37. The van der Waals surface area contributed by atoms with Crippen LogP contribution in [0.3, 0.4) is 0 Å². The van der Waals surface area contributed by atoms with Crippen LogP contribution >= 0.6 is 0 Å². The number of carboxylic acid groups (broad SMARTS) is 1. The molecule has 6 nitrogen and oxygen atoms in total. The van der Waals surface area contributed by atoms with Gasteiger partial charge in [-0.1, -0.05) is 0 Å². The highest BCUT2D eigenvalue weighted by Crippen LogP contribution is 2.12. The molecule has 16 heavy (non-hydrogen) atoms.